The van der Waals surface area contributed by atoms with Gasteiger partial charge < -0.3 is 5.11 Å². The van der Waals surface area contributed by atoms with Crippen LogP contribution in [0.4, 0.5) is 5.69 Å². The largest absolute Gasteiger partial charge is 0.384 e. The zero-order chi connectivity index (χ0) is 13.9. The van der Waals surface area contributed by atoms with Crippen LogP contribution in [0.2, 0.25) is 0 Å². The zero-order valence-electron chi connectivity index (χ0n) is 10.6. The molecule has 0 aromatic heterocycles. The van der Waals surface area contributed by atoms with Crippen LogP contribution in [0, 0.1) is 18.8 Å². The minimum absolute atomic E-state index is 0.0503. The summed E-state index contributed by atoms with van der Waals surface area (Å²) in [5.41, 5.74) is 1.90. The quantitative estimate of drug-likeness (QED) is 0.712. The summed E-state index contributed by atoms with van der Waals surface area (Å²) in [4.78, 5) is 0. The predicted molar refractivity (Wildman–Crippen MR) is 73.8 cm³/mol. The molecule has 0 radical (unpaired) electrons. The number of hydrogen-bond donors (Lipinski definition) is 3. The van der Waals surface area contributed by atoms with Crippen molar-refractivity contribution in [2.24, 2.45) is 0 Å². The molecule has 19 heavy (non-hydrogen) atoms. The third-order valence-corrected chi connectivity index (χ3v) is 3.75. The van der Waals surface area contributed by atoms with Crippen molar-refractivity contribution in [3.05, 3.63) is 29.3 Å². The van der Waals surface area contributed by atoms with Gasteiger partial charge in [0.1, 0.15) is 6.61 Å². The van der Waals surface area contributed by atoms with E-state index in [1.54, 1.807) is 12.1 Å². The molecule has 102 valence electrons. The van der Waals surface area contributed by atoms with E-state index in [2.05, 4.69) is 21.3 Å². The van der Waals surface area contributed by atoms with Crippen molar-refractivity contribution >= 4 is 15.9 Å². The summed E-state index contributed by atoms with van der Waals surface area (Å²) in [5.74, 6) is 5.24. The van der Waals surface area contributed by atoms with Crippen LogP contribution in [-0.2, 0) is 10.2 Å². The highest BCUT2D eigenvalue weighted by Gasteiger charge is 2.27. The molecule has 3 N–H and O–H groups in total. The lowest BCUT2D eigenvalue weighted by Gasteiger charge is -2.11. The molecule has 0 atom stereocenters. The van der Waals surface area contributed by atoms with E-state index in [9.17, 15) is 8.42 Å². The Balaban J connectivity index is 2.24. The first kappa shape index (κ1) is 13.9. The normalized spacial score (nSPS) is 14.6. The van der Waals surface area contributed by atoms with Crippen LogP contribution in [0.15, 0.2) is 18.2 Å². The Kier molecular flexibility index (Phi) is 4.10. The summed E-state index contributed by atoms with van der Waals surface area (Å²) in [7, 11) is -3.57. The Hall–Kier alpha value is -1.55. The van der Waals surface area contributed by atoms with Crippen LogP contribution in [-0.4, -0.2) is 26.2 Å². The summed E-state index contributed by atoms with van der Waals surface area (Å²) in [6.07, 6.45) is 1.76. The Bertz CT molecular complexity index is 625. The third-order valence-electron chi connectivity index (χ3n) is 2.62. The van der Waals surface area contributed by atoms with Crippen molar-refractivity contribution in [3.63, 3.8) is 0 Å². The van der Waals surface area contributed by atoms with Crippen molar-refractivity contribution < 1.29 is 13.5 Å². The summed E-state index contributed by atoms with van der Waals surface area (Å²) >= 11 is 0. The van der Waals surface area contributed by atoms with E-state index in [0.717, 1.165) is 18.4 Å². The number of aryl methyl sites for hydroxylation is 1. The number of benzene rings is 1. The first-order valence-electron chi connectivity index (χ1n) is 6.00. The average molecular weight is 280 g/mol. The average Bonchev–Trinajstić information content (AvgIpc) is 3.10. The molecule has 1 aliphatic carbocycles. The SMILES string of the molecule is Cc1ccc(C#CCO)c(NS(=O)(=O)NC2CC2)c1. The Labute approximate surface area is 113 Å². The van der Waals surface area contributed by atoms with Gasteiger partial charge in [0.05, 0.1) is 5.69 Å². The fourth-order valence-electron chi connectivity index (χ4n) is 1.58. The maximum Gasteiger partial charge on any atom is 0.299 e. The van der Waals surface area contributed by atoms with Crippen LogP contribution in [0.1, 0.15) is 24.0 Å². The topological polar surface area (TPSA) is 78.4 Å². The van der Waals surface area contributed by atoms with Gasteiger partial charge >= 0.3 is 0 Å². The number of rotatable bonds is 4. The Morgan fingerprint density at radius 2 is 2.16 bits per heavy atom. The molecule has 0 heterocycles. The summed E-state index contributed by atoms with van der Waals surface area (Å²) < 4.78 is 28.8. The highest BCUT2D eigenvalue weighted by atomic mass is 32.2. The number of hydrogen-bond acceptors (Lipinski definition) is 3. The molecule has 1 aromatic rings. The first-order valence-corrected chi connectivity index (χ1v) is 7.49. The van der Waals surface area contributed by atoms with E-state index in [4.69, 9.17) is 5.11 Å². The van der Waals surface area contributed by atoms with Gasteiger partial charge in [-0.05, 0) is 37.5 Å². The maximum atomic E-state index is 11.9. The summed E-state index contributed by atoms with van der Waals surface area (Å²) in [6, 6.07) is 5.34. The highest BCUT2D eigenvalue weighted by molar-refractivity contribution is 7.90. The molecule has 2 rings (SSSR count). The second kappa shape index (κ2) is 5.61. The standard InChI is InChI=1S/C13H16N2O3S/c1-10-4-5-11(3-2-8-16)13(9-10)15-19(17,18)14-12-6-7-12/h4-5,9,12,14-16H,6-8H2,1H3. The van der Waals surface area contributed by atoms with Crippen molar-refractivity contribution in [2.45, 2.75) is 25.8 Å². The van der Waals surface area contributed by atoms with Gasteiger partial charge in [-0.25, -0.2) is 0 Å². The molecule has 0 spiro atoms. The van der Waals surface area contributed by atoms with E-state index in [-0.39, 0.29) is 12.6 Å². The van der Waals surface area contributed by atoms with Gasteiger partial charge in [0.25, 0.3) is 10.2 Å². The minimum Gasteiger partial charge on any atom is -0.384 e. The van der Waals surface area contributed by atoms with Gasteiger partial charge in [0.15, 0.2) is 0 Å². The lowest BCUT2D eigenvalue weighted by molar-refractivity contribution is 0.350. The number of aliphatic hydroxyl groups excluding tert-OH is 1. The van der Waals surface area contributed by atoms with Crippen LogP contribution < -0.4 is 9.44 Å². The summed E-state index contributed by atoms with van der Waals surface area (Å²) in [6.45, 7) is 1.61. The molecule has 1 saturated carbocycles. The molecule has 5 nitrogen and oxygen atoms in total. The lowest BCUT2D eigenvalue weighted by Crippen LogP contribution is -2.32. The maximum absolute atomic E-state index is 11.9. The third kappa shape index (κ3) is 4.24. The molecule has 1 aromatic carbocycles. The second-order valence-corrected chi connectivity index (χ2v) is 5.95. The molecule has 1 aliphatic rings. The van der Waals surface area contributed by atoms with E-state index in [0.29, 0.717) is 11.3 Å². The smallest absolute Gasteiger partial charge is 0.299 e. The van der Waals surface area contributed by atoms with Gasteiger partial charge in [-0.2, -0.15) is 13.1 Å². The summed E-state index contributed by atoms with van der Waals surface area (Å²) in [5, 5.41) is 8.71. The molecular formula is C13H16N2O3S. The molecular weight excluding hydrogens is 264 g/mol. The van der Waals surface area contributed by atoms with Crippen molar-refractivity contribution in [2.75, 3.05) is 11.3 Å². The minimum atomic E-state index is -3.57. The number of nitrogens with one attached hydrogen (secondary N) is 2. The van der Waals surface area contributed by atoms with Gasteiger partial charge in [-0.15, -0.1) is 0 Å². The Morgan fingerprint density at radius 1 is 1.42 bits per heavy atom. The molecule has 0 bridgehead atoms. The number of aliphatic hydroxyl groups is 1. The van der Waals surface area contributed by atoms with E-state index in [1.807, 2.05) is 13.0 Å². The van der Waals surface area contributed by atoms with Crippen LogP contribution in [0.3, 0.4) is 0 Å². The molecule has 0 unspecified atom stereocenters. The highest BCUT2D eigenvalue weighted by Crippen LogP contribution is 2.22. The van der Waals surface area contributed by atoms with Crippen molar-refractivity contribution in [1.82, 2.24) is 4.72 Å². The zero-order valence-corrected chi connectivity index (χ0v) is 11.4. The fourth-order valence-corrected chi connectivity index (χ4v) is 2.77. The van der Waals surface area contributed by atoms with Gasteiger partial charge in [0.2, 0.25) is 0 Å². The van der Waals surface area contributed by atoms with Gasteiger partial charge in [-0.1, -0.05) is 17.9 Å². The fraction of sp³-hybridized carbons (Fsp3) is 0.385. The molecule has 1 fully saturated rings. The predicted octanol–water partition coefficient (Wildman–Crippen LogP) is 0.748. The van der Waals surface area contributed by atoms with Crippen molar-refractivity contribution in [1.29, 1.82) is 0 Å². The number of anilines is 1. The lowest BCUT2D eigenvalue weighted by atomic mass is 10.1. The molecule has 0 aliphatic heterocycles. The second-order valence-electron chi connectivity index (χ2n) is 4.51. The van der Waals surface area contributed by atoms with E-state index < -0.39 is 10.2 Å². The van der Waals surface area contributed by atoms with Crippen molar-refractivity contribution in [3.8, 4) is 11.8 Å². The van der Waals surface area contributed by atoms with E-state index >= 15 is 0 Å². The van der Waals surface area contributed by atoms with Gasteiger partial charge in [0, 0.05) is 11.6 Å². The van der Waals surface area contributed by atoms with Crippen LogP contribution in [0.5, 0.6) is 0 Å². The van der Waals surface area contributed by atoms with E-state index in [1.165, 1.54) is 0 Å². The molecule has 0 saturated heterocycles. The first-order chi connectivity index (χ1) is 9.00. The molecule has 0 amide bonds. The van der Waals surface area contributed by atoms with Crippen LogP contribution in [0.25, 0.3) is 0 Å². The monoisotopic (exact) mass is 280 g/mol. The van der Waals surface area contributed by atoms with Crippen LogP contribution >= 0.6 is 0 Å². The van der Waals surface area contributed by atoms with Gasteiger partial charge in [-0.3, -0.25) is 4.72 Å². The molecule has 6 heteroatoms. The Morgan fingerprint density at radius 3 is 2.79 bits per heavy atom.